The van der Waals surface area contributed by atoms with E-state index < -0.39 is 11.7 Å². The van der Waals surface area contributed by atoms with Crippen LogP contribution in [0.4, 0.5) is 18.9 Å². The lowest BCUT2D eigenvalue weighted by molar-refractivity contribution is -0.137. The van der Waals surface area contributed by atoms with E-state index in [0.717, 1.165) is 35.0 Å². The first-order valence-corrected chi connectivity index (χ1v) is 11.0. The number of hydrogen-bond acceptors (Lipinski definition) is 6. The summed E-state index contributed by atoms with van der Waals surface area (Å²) in [4.78, 5) is 4.39. The standard InChI is InChI=1S/C21H16ClF3N4S2/c1-12(2)13-3-5-15(6-4-13)27-8-7-18-16(10-26)19(29-31-18)30-20-17(22)9-14(11-28-20)21(23,24)25/h3-9,11-12,27H,1-2H3. The van der Waals surface area contributed by atoms with Gasteiger partial charge in [-0.15, -0.1) is 0 Å². The highest BCUT2D eigenvalue weighted by molar-refractivity contribution is 7.99. The number of aromatic nitrogens is 2. The number of hydrogen-bond donors (Lipinski definition) is 1. The molecule has 10 heteroatoms. The molecule has 4 nitrogen and oxygen atoms in total. The number of nitrogens with one attached hydrogen (secondary N) is 1. The Morgan fingerprint density at radius 3 is 2.52 bits per heavy atom. The number of benzene rings is 1. The van der Waals surface area contributed by atoms with Crippen molar-refractivity contribution in [3.05, 3.63) is 69.3 Å². The van der Waals surface area contributed by atoms with Crippen molar-refractivity contribution >= 4 is 46.7 Å². The van der Waals surface area contributed by atoms with E-state index in [0.29, 0.717) is 27.6 Å². The van der Waals surface area contributed by atoms with Crippen molar-refractivity contribution in [2.75, 3.05) is 5.32 Å². The quantitative estimate of drug-likeness (QED) is 0.397. The number of rotatable bonds is 6. The smallest absolute Gasteiger partial charge is 0.362 e. The van der Waals surface area contributed by atoms with E-state index in [9.17, 15) is 18.4 Å². The molecule has 2 heterocycles. The minimum absolute atomic E-state index is 0.148. The third-order valence-electron chi connectivity index (χ3n) is 4.19. The van der Waals surface area contributed by atoms with Crippen molar-refractivity contribution in [1.82, 2.24) is 9.36 Å². The Balaban J connectivity index is 1.74. The molecule has 0 saturated heterocycles. The molecule has 0 spiro atoms. The van der Waals surface area contributed by atoms with Gasteiger partial charge >= 0.3 is 6.18 Å². The predicted molar refractivity (Wildman–Crippen MR) is 118 cm³/mol. The summed E-state index contributed by atoms with van der Waals surface area (Å²) in [6.45, 7) is 4.25. The number of nitriles is 1. The second-order valence-corrected chi connectivity index (χ2v) is 8.89. The minimum atomic E-state index is -4.53. The number of halogens is 4. The summed E-state index contributed by atoms with van der Waals surface area (Å²) in [7, 11) is 0. The second-order valence-electron chi connectivity index (χ2n) is 6.70. The zero-order valence-corrected chi connectivity index (χ0v) is 18.8. The van der Waals surface area contributed by atoms with Gasteiger partial charge in [0.05, 0.1) is 15.5 Å². The zero-order chi connectivity index (χ0) is 22.6. The first-order chi connectivity index (χ1) is 14.7. The molecule has 0 aliphatic carbocycles. The van der Waals surface area contributed by atoms with Crippen LogP contribution >= 0.6 is 34.9 Å². The van der Waals surface area contributed by atoms with Crippen LogP contribution in [0.3, 0.4) is 0 Å². The van der Waals surface area contributed by atoms with Crippen molar-refractivity contribution in [3.63, 3.8) is 0 Å². The lowest BCUT2D eigenvalue weighted by atomic mass is 10.0. The van der Waals surface area contributed by atoms with E-state index in [1.807, 2.05) is 24.3 Å². The summed E-state index contributed by atoms with van der Waals surface area (Å²) in [5.41, 5.74) is 1.51. The molecule has 1 N–H and O–H groups in total. The monoisotopic (exact) mass is 480 g/mol. The van der Waals surface area contributed by atoms with E-state index in [2.05, 4.69) is 34.6 Å². The van der Waals surface area contributed by atoms with Crippen LogP contribution in [0.25, 0.3) is 6.08 Å². The summed E-state index contributed by atoms with van der Waals surface area (Å²) >= 11 is 8.01. The highest BCUT2D eigenvalue weighted by Crippen LogP contribution is 2.38. The fourth-order valence-electron chi connectivity index (χ4n) is 2.50. The fourth-order valence-corrected chi connectivity index (χ4v) is 4.44. The number of pyridine rings is 1. The van der Waals surface area contributed by atoms with Gasteiger partial charge in [-0.05, 0) is 59.1 Å². The van der Waals surface area contributed by atoms with E-state index >= 15 is 0 Å². The van der Waals surface area contributed by atoms with Crippen LogP contribution in [-0.2, 0) is 6.18 Å². The Kier molecular flexibility index (Phi) is 7.26. The summed E-state index contributed by atoms with van der Waals surface area (Å²) in [5, 5.41) is 13.0. The molecule has 160 valence electrons. The van der Waals surface area contributed by atoms with Crippen LogP contribution in [0.2, 0.25) is 5.02 Å². The molecule has 2 aromatic heterocycles. The van der Waals surface area contributed by atoms with Crippen molar-refractivity contribution in [1.29, 1.82) is 5.26 Å². The molecule has 0 aliphatic rings. The lowest BCUT2D eigenvalue weighted by Crippen LogP contribution is -2.05. The number of alkyl halides is 3. The van der Waals surface area contributed by atoms with Crippen LogP contribution in [0.15, 0.2) is 52.8 Å². The van der Waals surface area contributed by atoms with Crippen molar-refractivity contribution in [2.45, 2.75) is 36.0 Å². The summed E-state index contributed by atoms with van der Waals surface area (Å²) in [6, 6.07) is 10.9. The average molecular weight is 481 g/mol. The highest BCUT2D eigenvalue weighted by Gasteiger charge is 2.31. The molecular formula is C21H16ClF3N4S2. The topological polar surface area (TPSA) is 61.6 Å². The Morgan fingerprint density at radius 1 is 1.23 bits per heavy atom. The van der Waals surface area contributed by atoms with Crippen LogP contribution in [-0.4, -0.2) is 9.36 Å². The molecule has 3 aromatic rings. The predicted octanol–water partition coefficient (Wildman–Crippen LogP) is 7.44. The molecule has 0 aliphatic heterocycles. The molecule has 0 radical (unpaired) electrons. The largest absolute Gasteiger partial charge is 0.417 e. The lowest BCUT2D eigenvalue weighted by Gasteiger charge is -2.08. The molecule has 0 bridgehead atoms. The van der Waals surface area contributed by atoms with Gasteiger partial charge < -0.3 is 5.32 Å². The Bertz CT molecular complexity index is 1130. The van der Waals surface area contributed by atoms with Crippen molar-refractivity contribution < 1.29 is 13.2 Å². The van der Waals surface area contributed by atoms with Crippen molar-refractivity contribution in [2.24, 2.45) is 0 Å². The molecule has 0 unspecified atom stereocenters. The third-order valence-corrected chi connectivity index (χ3v) is 6.52. The highest BCUT2D eigenvalue weighted by atomic mass is 35.5. The van der Waals surface area contributed by atoms with Gasteiger partial charge in [-0.1, -0.05) is 37.6 Å². The van der Waals surface area contributed by atoms with Gasteiger partial charge in [0.15, 0.2) is 0 Å². The molecule has 1 aromatic carbocycles. The second kappa shape index (κ2) is 9.73. The number of anilines is 1. The molecule has 31 heavy (non-hydrogen) atoms. The fraction of sp³-hybridized carbons (Fsp3) is 0.190. The van der Waals surface area contributed by atoms with Crippen LogP contribution in [0.1, 0.15) is 41.3 Å². The molecule has 3 rings (SSSR count). The first-order valence-electron chi connectivity index (χ1n) is 9.02. The maximum absolute atomic E-state index is 12.8. The minimum Gasteiger partial charge on any atom is -0.362 e. The van der Waals surface area contributed by atoms with Crippen LogP contribution in [0.5, 0.6) is 0 Å². The SMILES string of the molecule is CC(C)c1ccc(NC=Cc2snc(Sc3ncc(C(F)(F)F)cc3Cl)c2C#N)cc1. The van der Waals surface area contributed by atoms with Crippen LogP contribution in [0, 0.1) is 11.3 Å². The normalized spacial score (nSPS) is 11.8. The van der Waals surface area contributed by atoms with E-state index in [1.165, 1.54) is 5.56 Å². The molecule has 0 saturated carbocycles. The Morgan fingerprint density at radius 2 is 1.94 bits per heavy atom. The Labute approximate surface area is 190 Å². The Hall–Kier alpha value is -2.54. The van der Waals surface area contributed by atoms with Gasteiger partial charge in [0.2, 0.25) is 0 Å². The summed E-state index contributed by atoms with van der Waals surface area (Å²) in [5.74, 6) is 0.448. The first kappa shape index (κ1) is 23.1. The molecular weight excluding hydrogens is 465 g/mol. The third kappa shape index (κ3) is 5.79. The van der Waals surface area contributed by atoms with Gasteiger partial charge in [-0.25, -0.2) is 4.98 Å². The number of nitrogens with zero attached hydrogens (tertiary/aromatic N) is 3. The van der Waals surface area contributed by atoms with E-state index in [4.69, 9.17) is 11.6 Å². The van der Waals surface area contributed by atoms with Crippen LogP contribution < -0.4 is 5.32 Å². The summed E-state index contributed by atoms with van der Waals surface area (Å²) < 4.78 is 42.5. The maximum Gasteiger partial charge on any atom is 0.417 e. The van der Waals surface area contributed by atoms with Gasteiger partial charge in [0.1, 0.15) is 21.7 Å². The molecule has 0 fully saturated rings. The van der Waals surface area contributed by atoms with E-state index in [-0.39, 0.29) is 10.0 Å². The van der Waals surface area contributed by atoms with Gasteiger partial charge in [0, 0.05) is 18.1 Å². The maximum atomic E-state index is 12.8. The average Bonchev–Trinajstić information content (AvgIpc) is 3.10. The molecule has 0 amide bonds. The van der Waals surface area contributed by atoms with Gasteiger partial charge in [0.25, 0.3) is 0 Å². The summed E-state index contributed by atoms with van der Waals surface area (Å²) in [6.07, 6.45) is -0.394. The zero-order valence-electron chi connectivity index (χ0n) is 16.4. The van der Waals surface area contributed by atoms with Gasteiger partial charge in [-0.2, -0.15) is 22.8 Å². The van der Waals surface area contributed by atoms with Gasteiger partial charge in [-0.3, -0.25) is 0 Å². The molecule has 0 atom stereocenters. The van der Waals surface area contributed by atoms with Crippen molar-refractivity contribution in [3.8, 4) is 6.07 Å². The van der Waals surface area contributed by atoms with E-state index in [1.54, 1.807) is 12.3 Å².